The number of benzene rings is 3. The summed E-state index contributed by atoms with van der Waals surface area (Å²) in [5, 5.41) is 1.16. The fourth-order valence-electron chi connectivity index (χ4n) is 3.61. The molecule has 0 aliphatic carbocycles. The Bertz CT molecular complexity index is 1210. The number of halogens is 2. The molecule has 0 bridgehead atoms. The Balaban J connectivity index is 1.84. The van der Waals surface area contributed by atoms with Crippen LogP contribution in [0.2, 0.25) is 10.0 Å². The van der Waals surface area contributed by atoms with Crippen molar-refractivity contribution < 1.29 is 9.59 Å². The zero-order valence-electron chi connectivity index (χ0n) is 17.5. The van der Waals surface area contributed by atoms with E-state index in [1.165, 1.54) is 16.7 Å². The van der Waals surface area contributed by atoms with Crippen LogP contribution in [0.15, 0.2) is 88.3 Å². The molecule has 162 valence electrons. The van der Waals surface area contributed by atoms with E-state index in [2.05, 4.69) is 0 Å². The first-order chi connectivity index (χ1) is 15.4. The van der Waals surface area contributed by atoms with Gasteiger partial charge >= 0.3 is 0 Å². The predicted molar refractivity (Wildman–Crippen MR) is 132 cm³/mol. The minimum Gasteiger partial charge on any atom is -0.336 e. The van der Waals surface area contributed by atoms with Crippen LogP contribution in [0.5, 0.6) is 0 Å². The molecule has 0 radical (unpaired) electrons. The van der Waals surface area contributed by atoms with E-state index in [-0.39, 0.29) is 11.8 Å². The lowest BCUT2D eigenvalue weighted by molar-refractivity contribution is -0.120. The Morgan fingerprint density at radius 1 is 0.875 bits per heavy atom. The van der Waals surface area contributed by atoms with Crippen molar-refractivity contribution in [3.05, 3.63) is 99.0 Å². The SMILES string of the molecule is CCN(C1=C(Sc2ccc(Cl)cc2)C(=O)N(c2ccc(Cl)cc2C)C1=O)c1ccccc1. The van der Waals surface area contributed by atoms with Crippen LogP contribution in [-0.2, 0) is 9.59 Å². The van der Waals surface area contributed by atoms with Crippen LogP contribution in [0.1, 0.15) is 12.5 Å². The number of anilines is 2. The van der Waals surface area contributed by atoms with Crippen molar-refractivity contribution >= 4 is 58.2 Å². The maximum Gasteiger partial charge on any atom is 0.283 e. The minimum atomic E-state index is -0.359. The summed E-state index contributed by atoms with van der Waals surface area (Å²) in [5.74, 6) is -0.715. The number of para-hydroxylation sites is 1. The van der Waals surface area contributed by atoms with Gasteiger partial charge in [0.15, 0.2) is 0 Å². The monoisotopic (exact) mass is 482 g/mol. The van der Waals surface area contributed by atoms with Gasteiger partial charge < -0.3 is 4.90 Å². The van der Waals surface area contributed by atoms with E-state index >= 15 is 0 Å². The molecule has 4 rings (SSSR count). The summed E-state index contributed by atoms with van der Waals surface area (Å²) in [5.41, 5.74) is 2.48. The lowest BCUT2D eigenvalue weighted by atomic mass is 10.2. The average molecular weight is 483 g/mol. The highest BCUT2D eigenvalue weighted by Crippen LogP contribution is 2.41. The molecule has 0 N–H and O–H groups in total. The number of nitrogens with zero attached hydrogens (tertiary/aromatic N) is 2. The van der Waals surface area contributed by atoms with Crippen LogP contribution in [0.4, 0.5) is 11.4 Å². The van der Waals surface area contributed by atoms with Crippen molar-refractivity contribution in [2.24, 2.45) is 0 Å². The fourth-order valence-corrected chi connectivity index (χ4v) is 4.95. The molecule has 32 heavy (non-hydrogen) atoms. The first-order valence-electron chi connectivity index (χ1n) is 10.1. The second kappa shape index (κ2) is 9.41. The third-order valence-corrected chi connectivity index (χ3v) is 6.67. The van der Waals surface area contributed by atoms with Crippen molar-refractivity contribution in [1.82, 2.24) is 0 Å². The Morgan fingerprint density at radius 2 is 1.53 bits per heavy atom. The molecule has 1 aliphatic rings. The molecular formula is C25H20Cl2N2O2S. The molecule has 7 heteroatoms. The van der Waals surface area contributed by atoms with Gasteiger partial charge in [-0.2, -0.15) is 0 Å². The number of thioether (sulfide) groups is 1. The summed E-state index contributed by atoms with van der Waals surface area (Å²) in [6.45, 7) is 4.32. The molecule has 0 saturated heterocycles. The molecule has 0 atom stereocenters. The second-order valence-corrected chi connectivity index (χ2v) is 9.15. The fraction of sp³-hybridized carbons (Fsp3) is 0.120. The topological polar surface area (TPSA) is 40.6 Å². The summed E-state index contributed by atoms with van der Waals surface area (Å²) in [6, 6.07) is 21.9. The number of carbonyl (C=O) groups is 2. The van der Waals surface area contributed by atoms with Gasteiger partial charge in [0.25, 0.3) is 11.8 Å². The Morgan fingerprint density at radius 3 is 2.16 bits per heavy atom. The van der Waals surface area contributed by atoms with Gasteiger partial charge in [-0.3, -0.25) is 9.59 Å². The maximum atomic E-state index is 13.7. The van der Waals surface area contributed by atoms with E-state index in [0.29, 0.717) is 32.9 Å². The predicted octanol–water partition coefficient (Wildman–Crippen LogP) is 6.71. The summed E-state index contributed by atoms with van der Waals surface area (Å²) >= 11 is 13.4. The molecule has 0 unspecified atom stereocenters. The molecule has 0 saturated carbocycles. The van der Waals surface area contributed by atoms with Gasteiger partial charge in [0.1, 0.15) is 10.6 Å². The lowest BCUT2D eigenvalue weighted by Gasteiger charge is -2.25. The average Bonchev–Trinajstić information content (AvgIpc) is 3.01. The van der Waals surface area contributed by atoms with Gasteiger partial charge in [0.2, 0.25) is 0 Å². The number of likely N-dealkylation sites (N-methyl/N-ethyl adjacent to an activating group) is 1. The van der Waals surface area contributed by atoms with E-state index in [1.807, 2.05) is 61.2 Å². The highest BCUT2D eigenvalue weighted by molar-refractivity contribution is 8.04. The van der Waals surface area contributed by atoms with E-state index < -0.39 is 0 Å². The molecule has 1 heterocycles. The summed E-state index contributed by atoms with van der Waals surface area (Å²) in [4.78, 5) is 31.7. The van der Waals surface area contributed by atoms with Crippen LogP contribution in [0.3, 0.4) is 0 Å². The van der Waals surface area contributed by atoms with E-state index in [4.69, 9.17) is 23.2 Å². The van der Waals surface area contributed by atoms with Crippen molar-refractivity contribution in [3.63, 3.8) is 0 Å². The first kappa shape index (κ1) is 22.5. The van der Waals surface area contributed by atoms with Gasteiger partial charge in [-0.25, -0.2) is 4.90 Å². The molecule has 1 aliphatic heterocycles. The van der Waals surface area contributed by atoms with Gasteiger partial charge in [0, 0.05) is 27.2 Å². The number of carbonyl (C=O) groups excluding carboxylic acids is 2. The number of imide groups is 1. The summed E-state index contributed by atoms with van der Waals surface area (Å²) in [7, 11) is 0. The van der Waals surface area contributed by atoms with Crippen LogP contribution in [0, 0.1) is 6.92 Å². The highest BCUT2D eigenvalue weighted by Gasteiger charge is 2.43. The molecule has 4 nitrogen and oxygen atoms in total. The number of hydrogen-bond acceptors (Lipinski definition) is 4. The zero-order chi connectivity index (χ0) is 22.8. The lowest BCUT2D eigenvalue weighted by Crippen LogP contribution is -2.35. The normalized spacial score (nSPS) is 13.8. The van der Waals surface area contributed by atoms with E-state index in [1.54, 1.807) is 30.3 Å². The van der Waals surface area contributed by atoms with Crippen LogP contribution in [0.25, 0.3) is 0 Å². The highest BCUT2D eigenvalue weighted by atomic mass is 35.5. The van der Waals surface area contributed by atoms with Crippen LogP contribution in [-0.4, -0.2) is 18.4 Å². The van der Waals surface area contributed by atoms with Gasteiger partial charge in [-0.05, 0) is 74.0 Å². The Labute approximate surface area is 201 Å². The number of amides is 2. The standard InChI is InChI=1S/C25H20Cl2N2O2S/c1-3-28(19-7-5-4-6-8-19)22-23(32-20-12-9-17(26)10-13-20)25(31)29(24(22)30)21-14-11-18(27)15-16(21)2/h4-15H,3H2,1-2H3. The smallest absolute Gasteiger partial charge is 0.283 e. The molecule has 3 aromatic carbocycles. The van der Waals surface area contributed by atoms with Crippen molar-refractivity contribution in [2.45, 2.75) is 18.7 Å². The van der Waals surface area contributed by atoms with E-state index in [0.717, 1.165) is 16.1 Å². The van der Waals surface area contributed by atoms with Gasteiger partial charge in [-0.1, -0.05) is 53.2 Å². The number of aryl methyl sites for hydroxylation is 1. The molecule has 0 aromatic heterocycles. The number of rotatable bonds is 6. The van der Waals surface area contributed by atoms with Crippen LogP contribution >= 0.6 is 35.0 Å². The van der Waals surface area contributed by atoms with Crippen LogP contribution < -0.4 is 9.80 Å². The Hall–Kier alpha value is -2.73. The summed E-state index contributed by atoms with van der Waals surface area (Å²) in [6.07, 6.45) is 0. The maximum absolute atomic E-state index is 13.7. The molecule has 2 amide bonds. The molecular weight excluding hydrogens is 463 g/mol. The molecule has 3 aromatic rings. The third kappa shape index (κ3) is 4.29. The molecule has 0 fully saturated rings. The van der Waals surface area contributed by atoms with Crippen molar-refractivity contribution in [3.8, 4) is 0 Å². The van der Waals surface area contributed by atoms with Crippen molar-refractivity contribution in [2.75, 3.05) is 16.3 Å². The second-order valence-electron chi connectivity index (χ2n) is 7.19. The van der Waals surface area contributed by atoms with Gasteiger partial charge in [0.05, 0.1) is 5.69 Å². The first-order valence-corrected chi connectivity index (χ1v) is 11.6. The summed E-state index contributed by atoms with van der Waals surface area (Å²) < 4.78 is 0. The van der Waals surface area contributed by atoms with E-state index in [9.17, 15) is 9.59 Å². The zero-order valence-corrected chi connectivity index (χ0v) is 19.8. The largest absolute Gasteiger partial charge is 0.336 e. The quantitative estimate of drug-likeness (QED) is 0.366. The molecule has 0 spiro atoms. The Kier molecular flexibility index (Phi) is 6.60. The minimum absolute atomic E-state index is 0.357. The van der Waals surface area contributed by atoms with Gasteiger partial charge in [-0.15, -0.1) is 0 Å². The number of hydrogen-bond donors (Lipinski definition) is 0. The third-order valence-electron chi connectivity index (χ3n) is 5.11. The van der Waals surface area contributed by atoms with Crippen molar-refractivity contribution in [1.29, 1.82) is 0 Å².